The number of allylic oxidation sites excluding steroid dienone is 1. The Morgan fingerprint density at radius 1 is 1.12 bits per heavy atom. The zero-order chi connectivity index (χ0) is 16.8. The van der Waals surface area contributed by atoms with Crippen LogP contribution in [0.1, 0.15) is 10.4 Å². The van der Waals surface area contributed by atoms with Gasteiger partial charge in [0.2, 0.25) is 5.16 Å². The normalized spacial score (nSPS) is 10.9. The topological polar surface area (TPSA) is 69.9 Å². The van der Waals surface area contributed by atoms with E-state index in [-0.39, 0.29) is 5.78 Å². The minimum atomic E-state index is -0.0936. The number of ketones is 1. The number of ether oxygens (including phenoxy) is 1. The van der Waals surface area contributed by atoms with E-state index >= 15 is 0 Å². The Bertz CT molecular complexity index is 845. The molecule has 0 bridgehead atoms. The second-order valence-corrected chi connectivity index (χ2v) is 5.60. The lowest BCUT2D eigenvalue weighted by molar-refractivity contribution is 0.104. The van der Waals surface area contributed by atoms with E-state index in [1.807, 2.05) is 30.3 Å². The lowest BCUT2D eigenvalue weighted by Gasteiger charge is -2.01. The van der Waals surface area contributed by atoms with Crippen LogP contribution in [0.15, 0.2) is 71.2 Å². The average molecular weight is 338 g/mol. The molecule has 0 saturated carbocycles. The summed E-state index contributed by atoms with van der Waals surface area (Å²) in [6.07, 6.45) is 1.50. The molecule has 1 aromatic heterocycles. The van der Waals surface area contributed by atoms with E-state index in [1.165, 1.54) is 17.8 Å². The number of rotatable bonds is 6. The monoisotopic (exact) mass is 338 g/mol. The van der Waals surface area contributed by atoms with Crippen LogP contribution in [0.3, 0.4) is 0 Å². The predicted octanol–water partition coefficient (Wildman–Crippen LogP) is 3.16. The Morgan fingerprint density at radius 2 is 1.88 bits per heavy atom. The third kappa shape index (κ3) is 3.69. The van der Waals surface area contributed by atoms with Crippen LogP contribution in [0.4, 0.5) is 0 Å². The maximum Gasteiger partial charge on any atom is 0.218 e. The first kappa shape index (κ1) is 15.9. The fraction of sp³-hybridized carbons (Fsp3) is 0.0588. The van der Waals surface area contributed by atoms with Gasteiger partial charge in [0.25, 0.3) is 0 Å². The smallest absolute Gasteiger partial charge is 0.218 e. The van der Waals surface area contributed by atoms with E-state index in [0.29, 0.717) is 16.5 Å². The van der Waals surface area contributed by atoms with Crippen LogP contribution in [0, 0.1) is 0 Å². The SMILES string of the molecule is COc1ccc(C(=O)/C=C\Sc2nnnn2-c2ccccc2)cc1. The summed E-state index contributed by atoms with van der Waals surface area (Å²) in [4.78, 5) is 12.1. The molecule has 3 aromatic rings. The summed E-state index contributed by atoms with van der Waals surface area (Å²) in [7, 11) is 1.59. The summed E-state index contributed by atoms with van der Waals surface area (Å²) in [5.41, 5.74) is 1.45. The molecule has 2 aromatic carbocycles. The van der Waals surface area contributed by atoms with Crippen LogP contribution < -0.4 is 4.74 Å². The van der Waals surface area contributed by atoms with Gasteiger partial charge in [-0.2, -0.15) is 4.68 Å². The van der Waals surface area contributed by atoms with Crippen molar-refractivity contribution >= 4 is 17.5 Å². The molecule has 0 unspecified atom stereocenters. The molecule has 0 fully saturated rings. The molecular formula is C17H14N4O2S. The summed E-state index contributed by atoms with van der Waals surface area (Å²) in [5.74, 6) is 0.621. The van der Waals surface area contributed by atoms with Crippen molar-refractivity contribution in [1.82, 2.24) is 20.2 Å². The zero-order valence-corrected chi connectivity index (χ0v) is 13.7. The van der Waals surface area contributed by atoms with Gasteiger partial charge < -0.3 is 4.74 Å². The van der Waals surface area contributed by atoms with Crippen LogP contribution in [0.25, 0.3) is 5.69 Å². The lowest BCUT2D eigenvalue weighted by Crippen LogP contribution is -1.98. The molecule has 120 valence electrons. The molecule has 0 radical (unpaired) electrons. The molecule has 6 nitrogen and oxygen atoms in total. The fourth-order valence-electron chi connectivity index (χ4n) is 1.99. The number of tetrazole rings is 1. The number of nitrogens with zero attached hydrogens (tertiary/aromatic N) is 4. The standard InChI is InChI=1S/C17H14N4O2S/c1-23-15-9-7-13(8-10-15)16(22)11-12-24-17-18-19-20-21(17)14-5-3-2-4-6-14/h2-12H,1H3/b12-11-. The number of methoxy groups -OCH3 is 1. The molecule has 1 heterocycles. The number of aromatic nitrogens is 4. The van der Waals surface area contributed by atoms with Crippen molar-refractivity contribution < 1.29 is 9.53 Å². The highest BCUT2D eigenvalue weighted by Crippen LogP contribution is 2.19. The van der Waals surface area contributed by atoms with Gasteiger partial charge in [-0.3, -0.25) is 4.79 Å². The number of hydrogen-bond acceptors (Lipinski definition) is 6. The first-order chi connectivity index (χ1) is 11.8. The molecule has 7 heteroatoms. The van der Waals surface area contributed by atoms with Gasteiger partial charge in [0.15, 0.2) is 5.78 Å². The van der Waals surface area contributed by atoms with Crippen molar-refractivity contribution in [3.63, 3.8) is 0 Å². The van der Waals surface area contributed by atoms with Gasteiger partial charge in [0.05, 0.1) is 12.8 Å². The Kier molecular flexibility index (Phi) is 5.02. The van der Waals surface area contributed by atoms with Gasteiger partial charge in [-0.25, -0.2) is 0 Å². The maximum atomic E-state index is 12.1. The summed E-state index contributed by atoms with van der Waals surface area (Å²) in [6, 6.07) is 16.5. The first-order valence-corrected chi connectivity index (χ1v) is 8.01. The zero-order valence-electron chi connectivity index (χ0n) is 12.9. The highest BCUT2D eigenvalue weighted by Gasteiger charge is 2.07. The quantitative estimate of drug-likeness (QED) is 0.391. The molecule has 0 aliphatic heterocycles. The second-order valence-electron chi connectivity index (χ2n) is 4.72. The Labute approximate surface area is 143 Å². The highest BCUT2D eigenvalue weighted by molar-refractivity contribution is 8.02. The maximum absolute atomic E-state index is 12.1. The minimum Gasteiger partial charge on any atom is -0.497 e. The van der Waals surface area contributed by atoms with Crippen LogP contribution in [0.2, 0.25) is 0 Å². The summed E-state index contributed by atoms with van der Waals surface area (Å²) in [5, 5.41) is 13.9. The summed E-state index contributed by atoms with van der Waals surface area (Å²) < 4.78 is 6.69. The number of hydrogen-bond donors (Lipinski definition) is 0. The Morgan fingerprint density at radius 3 is 2.58 bits per heavy atom. The molecule has 0 amide bonds. The van der Waals surface area contributed by atoms with Crippen molar-refractivity contribution in [2.75, 3.05) is 7.11 Å². The molecule has 0 aliphatic rings. The molecule has 0 saturated heterocycles. The van der Waals surface area contributed by atoms with E-state index in [9.17, 15) is 4.79 Å². The van der Waals surface area contributed by atoms with Crippen molar-refractivity contribution in [2.24, 2.45) is 0 Å². The van der Waals surface area contributed by atoms with Crippen LogP contribution in [-0.2, 0) is 0 Å². The predicted molar refractivity (Wildman–Crippen MR) is 91.5 cm³/mol. The van der Waals surface area contributed by atoms with E-state index in [0.717, 1.165) is 5.69 Å². The van der Waals surface area contributed by atoms with E-state index in [2.05, 4.69) is 15.5 Å². The van der Waals surface area contributed by atoms with Gasteiger partial charge in [-0.15, -0.1) is 5.10 Å². The van der Waals surface area contributed by atoms with Crippen molar-refractivity contribution in [3.05, 3.63) is 71.6 Å². The van der Waals surface area contributed by atoms with Crippen LogP contribution >= 0.6 is 11.8 Å². The van der Waals surface area contributed by atoms with Crippen LogP contribution in [-0.4, -0.2) is 33.1 Å². The van der Waals surface area contributed by atoms with Gasteiger partial charge in [-0.1, -0.05) is 30.0 Å². The molecular weight excluding hydrogens is 324 g/mol. The number of carbonyl (C=O) groups excluding carboxylic acids is 1. The number of para-hydroxylation sites is 1. The summed E-state index contributed by atoms with van der Waals surface area (Å²) in [6.45, 7) is 0. The highest BCUT2D eigenvalue weighted by atomic mass is 32.2. The van der Waals surface area contributed by atoms with E-state index in [1.54, 1.807) is 41.5 Å². The molecule has 0 atom stereocenters. The van der Waals surface area contributed by atoms with Crippen molar-refractivity contribution in [2.45, 2.75) is 5.16 Å². The van der Waals surface area contributed by atoms with Gasteiger partial charge in [0, 0.05) is 5.56 Å². The first-order valence-electron chi connectivity index (χ1n) is 7.13. The third-order valence-electron chi connectivity index (χ3n) is 3.21. The van der Waals surface area contributed by atoms with E-state index < -0.39 is 0 Å². The number of benzene rings is 2. The average Bonchev–Trinajstić information content (AvgIpc) is 3.11. The van der Waals surface area contributed by atoms with Gasteiger partial charge in [-0.05, 0) is 58.3 Å². The molecule has 0 N–H and O–H groups in total. The molecule has 0 aliphatic carbocycles. The van der Waals surface area contributed by atoms with E-state index in [4.69, 9.17) is 4.74 Å². The Balaban J connectivity index is 1.68. The van der Waals surface area contributed by atoms with Crippen LogP contribution in [0.5, 0.6) is 5.75 Å². The van der Waals surface area contributed by atoms with Gasteiger partial charge >= 0.3 is 0 Å². The lowest BCUT2D eigenvalue weighted by atomic mass is 10.1. The fourth-order valence-corrected chi connectivity index (χ4v) is 2.63. The molecule has 0 spiro atoms. The Hall–Kier alpha value is -2.93. The number of carbonyl (C=O) groups is 1. The van der Waals surface area contributed by atoms with Gasteiger partial charge in [0.1, 0.15) is 5.75 Å². The molecule has 24 heavy (non-hydrogen) atoms. The summed E-state index contributed by atoms with van der Waals surface area (Å²) >= 11 is 1.28. The second kappa shape index (κ2) is 7.56. The van der Waals surface area contributed by atoms with Crippen molar-refractivity contribution in [3.8, 4) is 11.4 Å². The largest absolute Gasteiger partial charge is 0.497 e. The molecule has 3 rings (SSSR count). The third-order valence-corrected chi connectivity index (χ3v) is 3.95. The minimum absolute atomic E-state index is 0.0936. The van der Waals surface area contributed by atoms with Crippen molar-refractivity contribution in [1.29, 1.82) is 0 Å². The number of thioether (sulfide) groups is 1.